The van der Waals surface area contributed by atoms with E-state index in [1.54, 1.807) is 18.1 Å². The van der Waals surface area contributed by atoms with Crippen molar-refractivity contribution in [1.82, 2.24) is 14.8 Å². The lowest BCUT2D eigenvalue weighted by atomic mass is 10.3. The van der Waals surface area contributed by atoms with Crippen molar-refractivity contribution in [3.05, 3.63) is 35.6 Å². The molecular weight excluding hydrogens is 274 g/mol. The van der Waals surface area contributed by atoms with E-state index in [-0.39, 0.29) is 0 Å². The Labute approximate surface area is 114 Å². The van der Waals surface area contributed by atoms with Gasteiger partial charge in [-0.15, -0.1) is 10.2 Å². The van der Waals surface area contributed by atoms with Gasteiger partial charge in [-0.3, -0.25) is 4.57 Å². The average Bonchev–Trinajstić information content (AvgIpc) is 2.78. The fourth-order valence-electron chi connectivity index (χ4n) is 1.34. The lowest BCUT2D eigenvalue weighted by molar-refractivity contribution is 0.885. The van der Waals surface area contributed by atoms with E-state index in [2.05, 4.69) is 16.5 Å². The molecule has 3 nitrogen and oxygen atoms in total. The third-order valence-corrected chi connectivity index (χ3v) is 4.17. The average molecular weight is 286 g/mol. The van der Waals surface area contributed by atoms with Crippen LogP contribution >= 0.6 is 35.1 Å². The van der Waals surface area contributed by atoms with E-state index in [1.807, 2.05) is 40.6 Å². The number of hydrogen-bond acceptors (Lipinski definition) is 4. The van der Waals surface area contributed by atoms with Gasteiger partial charge in [0.25, 0.3) is 0 Å². The predicted molar refractivity (Wildman–Crippen MR) is 75.5 cm³/mol. The molecule has 90 valence electrons. The molecule has 0 saturated heterocycles. The highest BCUT2D eigenvalue weighted by Gasteiger charge is 2.06. The monoisotopic (exact) mass is 285 g/mol. The fourth-order valence-corrected chi connectivity index (χ4v) is 3.11. The highest BCUT2D eigenvalue weighted by atomic mass is 35.5. The summed E-state index contributed by atoms with van der Waals surface area (Å²) in [4.78, 5) is 0. The summed E-state index contributed by atoms with van der Waals surface area (Å²) >= 11 is 9.51. The second kappa shape index (κ2) is 6.33. The Morgan fingerprint density at radius 2 is 2.24 bits per heavy atom. The van der Waals surface area contributed by atoms with Crippen LogP contribution in [0.1, 0.15) is 0 Å². The quantitative estimate of drug-likeness (QED) is 0.622. The summed E-state index contributed by atoms with van der Waals surface area (Å²) in [6, 6.07) is 7.68. The van der Waals surface area contributed by atoms with Crippen molar-refractivity contribution in [2.24, 2.45) is 0 Å². The van der Waals surface area contributed by atoms with Crippen LogP contribution in [0.3, 0.4) is 0 Å². The molecule has 0 bridgehead atoms. The molecule has 0 fully saturated rings. The number of benzene rings is 1. The zero-order valence-electron chi connectivity index (χ0n) is 9.34. The first-order valence-corrected chi connectivity index (χ1v) is 7.84. The predicted octanol–water partition coefficient (Wildman–Crippen LogP) is 3.38. The first-order valence-electron chi connectivity index (χ1n) is 5.09. The van der Waals surface area contributed by atoms with Gasteiger partial charge in [-0.2, -0.15) is 11.8 Å². The molecule has 1 aromatic heterocycles. The number of halogens is 1. The minimum Gasteiger partial charge on any atom is -0.277 e. The highest BCUT2D eigenvalue weighted by Crippen LogP contribution is 2.21. The summed E-state index contributed by atoms with van der Waals surface area (Å²) in [5, 5.41) is 9.69. The van der Waals surface area contributed by atoms with Crippen molar-refractivity contribution >= 4 is 35.1 Å². The van der Waals surface area contributed by atoms with E-state index < -0.39 is 0 Å². The normalized spacial score (nSPS) is 10.7. The standard InChI is InChI=1S/C11H12ClN3S2/c1-16-5-6-17-11-14-13-8-15(11)10-4-2-3-9(12)7-10/h2-4,7-8H,5-6H2,1H3. The van der Waals surface area contributed by atoms with Gasteiger partial charge in [-0.1, -0.05) is 29.4 Å². The summed E-state index contributed by atoms with van der Waals surface area (Å²) in [6.07, 6.45) is 3.81. The second-order valence-electron chi connectivity index (χ2n) is 3.30. The molecule has 1 aromatic carbocycles. The molecule has 0 atom stereocenters. The topological polar surface area (TPSA) is 30.7 Å². The minimum atomic E-state index is 0.719. The van der Waals surface area contributed by atoms with Crippen LogP contribution in [0.2, 0.25) is 5.02 Å². The van der Waals surface area contributed by atoms with E-state index >= 15 is 0 Å². The zero-order chi connectivity index (χ0) is 12.1. The van der Waals surface area contributed by atoms with Crippen molar-refractivity contribution < 1.29 is 0 Å². The van der Waals surface area contributed by atoms with Gasteiger partial charge >= 0.3 is 0 Å². The molecule has 0 aliphatic carbocycles. The first-order chi connectivity index (χ1) is 8.31. The van der Waals surface area contributed by atoms with Gasteiger partial charge in [0.1, 0.15) is 6.33 Å². The number of hydrogen-bond donors (Lipinski definition) is 0. The van der Waals surface area contributed by atoms with Crippen LogP contribution in [0.25, 0.3) is 5.69 Å². The summed E-state index contributed by atoms with van der Waals surface area (Å²) < 4.78 is 1.96. The van der Waals surface area contributed by atoms with Crippen molar-refractivity contribution in [2.75, 3.05) is 17.8 Å². The van der Waals surface area contributed by atoms with Crippen LogP contribution in [-0.4, -0.2) is 32.5 Å². The van der Waals surface area contributed by atoms with Crippen LogP contribution in [0.5, 0.6) is 0 Å². The van der Waals surface area contributed by atoms with Crippen LogP contribution < -0.4 is 0 Å². The van der Waals surface area contributed by atoms with E-state index in [9.17, 15) is 0 Å². The Hall–Kier alpha value is -0.650. The van der Waals surface area contributed by atoms with Crippen LogP contribution in [0, 0.1) is 0 Å². The maximum atomic E-state index is 5.98. The summed E-state index contributed by atoms with van der Waals surface area (Å²) in [7, 11) is 0. The molecule has 0 spiro atoms. The molecule has 0 amide bonds. The molecular formula is C11H12ClN3S2. The molecule has 0 N–H and O–H groups in total. The van der Waals surface area contributed by atoms with Gasteiger partial charge < -0.3 is 0 Å². The van der Waals surface area contributed by atoms with E-state index in [4.69, 9.17) is 11.6 Å². The molecule has 0 unspecified atom stereocenters. The molecule has 0 saturated carbocycles. The summed E-state index contributed by atoms with van der Waals surface area (Å²) in [6.45, 7) is 0. The molecule has 6 heteroatoms. The number of thioether (sulfide) groups is 2. The molecule has 0 aliphatic rings. The molecule has 17 heavy (non-hydrogen) atoms. The van der Waals surface area contributed by atoms with Crippen molar-refractivity contribution in [3.8, 4) is 5.69 Å². The summed E-state index contributed by atoms with van der Waals surface area (Å²) in [5.74, 6) is 2.13. The summed E-state index contributed by atoms with van der Waals surface area (Å²) in [5.41, 5.74) is 0.995. The molecule has 1 heterocycles. The first kappa shape index (κ1) is 12.8. The van der Waals surface area contributed by atoms with Gasteiger partial charge in [-0.25, -0.2) is 0 Å². The minimum absolute atomic E-state index is 0.719. The number of rotatable bonds is 5. The largest absolute Gasteiger partial charge is 0.277 e. The molecule has 0 radical (unpaired) electrons. The van der Waals surface area contributed by atoms with Crippen LogP contribution in [0.15, 0.2) is 35.7 Å². The SMILES string of the molecule is CSCCSc1nncn1-c1cccc(Cl)c1. The maximum absolute atomic E-state index is 5.98. The highest BCUT2D eigenvalue weighted by molar-refractivity contribution is 8.02. The van der Waals surface area contributed by atoms with E-state index in [1.165, 1.54) is 0 Å². The van der Waals surface area contributed by atoms with Crippen molar-refractivity contribution in [3.63, 3.8) is 0 Å². The third kappa shape index (κ3) is 3.40. The Morgan fingerprint density at radius 3 is 3.00 bits per heavy atom. The van der Waals surface area contributed by atoms with Gasteiger partial charge in [-0.05, 0) is 24.5 Å². The Morgan fingerprint density at radius 1 is 1.35 bits per heavy atom. The molecule has 0 aliphatic heterocycles. The molecule has 2 aromatic rings. The van der Waals surface area contributed by atoms with E-state index in [0.717, 1.165) is 27.4 Å². The molecule has 2 rings (SSSR count). The smallest absolute Gasteiger partial charge is 0.195 e. The lowest BCUT2D eigenvalue weighted by Gasteiger charge is -2.05. The van der Waals surface area contributed by atoms with Gasteiger partial charge in [0.05, 0.1) is 5.69 Å². The van der Waals surface area contributed by atoms with Crippen molar-refractivity contribution in [2.45, 2.75) is 5.16 Å². The fraction of sp³-hybridized carbons (Fsp3) is 0.273. The number of aromatic nitrogens is 3. The van der Waals surface area contributed by atoms with Crippen LogP contribution in [0.4, 0.5) is 0 Å². The maximum Gasteiger partial charge on any atom is 0.195 e. The third-order valence-electron chi connectivity index (χ3n) is 2.12. The van der Waals surface area contributed by atoms with E-state index in [0.29, 0.717) is 0 Å². The zero-order valence-corrected chi connectivity index (χ0v) is 11.7. The Bertz CT molecular complexity index is 487. The Balaban J connectivity index is 2.18. The van der Waals surface area contributed by atoms with Crippen molar-refractivity contribution in [1.29, 1.82) is 0 Å². The second-order valence-corrected chi connectivity index (χ2v) is 5.79. The van der Waals surface area contributed by atoms with Gasteiger partial charge in [0.15, 0.2) is 5.16 Å². The van der Waals surface area contributed by atoms with Gasteiger partial charge in [0.2, 0.25) is 0 Å². The van der Waals surface area contributed by atoms with Crippen LogP contribution in [-0.2, 0) is 0 Å². The van der Waals surface area contributed by atoms with Gasteiger partial charge in [0, 0.05) is 16.5 Å². The lowest BCUT2D eigenvalue weighted by Crippen LogP contribution is -1.96. The Kier molecular flexibility index (Phi) is 4.76. The number of nitrogens with zero attached hydrogens (tertiary/aromatic N) is 3.